The van der Waals surface area contributed by atoms with Gasteiger partial charge in [0.15, 0.2) is 0 Å². The van der Waals surface area contributed by atoms with Crippen LogP contribution in [0.25, 0.3) is 10.8 Å². The van der Waals surface area contributed by atoms with Crippen LogP contribution in [0.1, 0.15) is 0 Å². The molecule has 5 aromatic rings. The maximum Gasteiger partial charge on any atom is 0.0128 e. The van der Waals surface area contributed by atoms with E-state index in [0.717, 1.165) is 0 Å². The molecule has 0 amide bonds. The van der Waals surface area contributed by atoms with Crippen molar-refractivity contribution in [1.29, 1.82) is 0 Å². The number of benzene rings is 5. The van der Waals surface area contributed by atoms with Crippen molar-refractivity contribution in [3.63, 3.8) is 0 Å². The van der Waals surface area contributed by atoms with E-state index in [1.165, 1.54) is 30.4 Å². The molecule has 0 spiro atoms. The van der Waals surface area contributed by atoms with Gasteiger partial charge in [0, 0.05) is 19.6 Å². The van der Waals surface area contributed by atoms with Gasteiger partial charge < -0.3 is 0 Å². The molecule has 0 fully saturated rings. The first-order valence-electron chi connectivity index (χ1n) is 9.86. The van der Waals surface area contributed by atoms with E-state index in [1.54, 1.807) is 23.5 Å². The van der Waals surface area contributed by atoms with Crippen molar-refractivity contribution in [2.75, 3.05) is 0 Å². The number of rotatable bonds is 4. The SMILES string of the molecule is c1ccc(Sc2ccc3ccccc3c2)cc1.c1ccc(Sc2ccccc2)cc1. The van der Waals surface area contributed by atoms with Crippen LogP contribution in [0.15, 0.2) is 153 Å². The van der Waals surface area contributed by atoms with Crippen LogP contribution in [-0.4, -0.2) is 0 Å². The van der Waals surface area contributed by atoms with Gasteiger partial charge in [-0.05, 0) is 59.3 Å². The van der Waals surface area contributed by atoms with E-state index in [2.05, 4.69) is 115 Å². The average molecular weight is 423 g/mol. The van der Waals surface area contributed by atoms with Gasteiger partial charge in [-0.15, -0.1) is 0 Å². The molecule has 0 atom stereocenters. The first kappa shape index (κ1) is 20.3. The molecule has 0 aliphatic heterocycles. The first-order chi connectivity index (χ1) is 14.9. The third-order valence-corrected chi connectivity index (χ3v) is 6.44. The molecule has 5 aromatic carbocycles. The van der Waals surface area contributed by atoms with Crippen LogP contribution in [0.3, 0.4) is 0 Å². The van der Waals surface area contributed by atoms with E-state index in [9.17, 15) is 0 Å². The van der Waals surface area contributed by atoms with Gasteiger partial charge in [-0.25, -0.2) is 0 Å². The summed E-state index contributed by atoms with van der Waals surface area (Å²) in [4.78, 5) is 5.14. The maximum absolute atomic E-state index is 2.24. The molecule has 0 N–H and O–H groups in total. The van der Waals surface area contributed by atoms with Crippen LogP contribution in [0.5, 0.6) is 0 Å². The standard InChI is InChI=1S/C16H12S.C12H10S/c1-2-8-15(9-3-1)17-16-11-10-13-6-4-5-7-14(13)12-16;1-3-7-11(8-4-1)13-12-9-5-2-6-10-12/h1-12H;1-10H. The van der Waals surface area contributed by atoms with Crippen LogP contribution < -0.4 is 0 Å². The van der Waals surface area contributed by atoms with Crippen LogP contribution in [0.2, 0.25) is 0 Å². The van der Waals surface area contributed by atoms with Gasteiger partial charge >= 0.3 is 0 Å². The fourth-order valence-electron chi connectivity index (χ4n) is 2.97. The minimum atomic E-state index is 1.28. The predicted octanol–water partition coefficient (Wildman–Crippen LogP) is 8.83. The molecule has 0 bridgehead atoms. The summed E-state index contributed by atoms with van der Waals surface area (Å²) in [5, 5.41) is 2.60. The molecule has 0 saturated heterocycles. The van der Waals surface area contributed by atoms with Crippen molar-refractivity contribution in [2.45, 2.75) is 19.6 Å². The second-order valence-corrected chi connectivity index (χ2v) is 8.95. The molecule has 0 aromatic heterocycles. The maximum atomic E-state index is 2.24. The summed E-state index contributed by atoms with van der Waals surface area (Å²) in [6.45, 7) is 0. The van der Waals surface area contributed by atoms with Crippen LogP contribution in [0.4, 0.5) is 0 Å². The summed E-state index contributed by atoms with van der Waals surface area (Å²) < 4.78 is 0. The summed E-state index contributed by atoms with van der Waals surface area (Å²) in [6.07, 6.45) is 0. The lowest BCUT2D eigenvalue weighted by molar-refractivity contribution is 1.41. The van der Waals surface area contributed by atoms with E-state index >= 15 is 0 Å². The normalized spacial score (nSPS) is 10.3. The molecule has 0 radical (unpaired) electrons. The lowest BCUT2D eigenvalue weighted by Crippen LogP contribution is -1.75. The van der Waals surface area contributed by atoms with E-state index < -0.39 is 0 Å². The zero-order valence-electron chi connectivity index (χ0n) is 16.5. The highest BCUT2D eigenvalue weighted by molar-refractivity contribution is 7.99. The van der Waals surface area contributed by atoms with Crippen LogP contribution in [0, 0.1) is 0 Å². The van der Waals surface area contributed by atoms with E-state index in [0.29, 0.717) is 0 Å². The average Bonchev–Trinajstić information content (AvgIpc) is 2.82. The Morgan fingerprint density at radius 1 is 0.300 bits per heavy atom. The Labute approximate surface area is 187 Å². The van der Waals surface area contributed by atoms with Gasteiger partial charge in [-0.2, -0.15) is 0 Å². The highest BCUT2D eigenvalue weighted by atomic mass is 32.2. The Bertz CT molecular complexity index is 1130. The van der Waals surface area contributed by atoms with E-state index in [4.69, 9.17) is 0 Å². The third kappa shape index (κ3) is 6.03. The largest absolute Gasteiger partial charge is 0.0901 e. The molecule has 0 nitrogen and oxygen atoms in total. The van der Waals surface area contributed by atoms with Crippen LogP contribution in [-0.2, 0) is 0 Å². The van der Waals surface area contributed by atoms with Gasteiger partial charge in [0.25, 0.3) is 0 Å². The Morgan fingerprint density at radius 3 is 1.20 bits per heavy atom. The van der Waals surface area contributed by atoms with Crippen molar-refractivity contribution < 1.29 is 0 Å². The van der Waals surface area contributed by atoms with Gasteiger partial charge in [0.1, 0.15) is 0 Å². The Hall–Kier alpha value is -2.94. The molecule has 0 heterocycles. The van der Waals surface area contributed by atoms with E-state index in [1.807, 2.05) is 18.2 Å². The van der Waals surface area contributed by atoms with Crippen LogP contribution >= 0.6 is 23.5 Å². The first-order valence-corrected chi connectivity index (χ1v) is 11.5. The van der Waals surface area contributed by atoms with Crippen molar-refractivity contribution in [1.82, 2.24) is 0 Å². The smallest absolute Gasteiger partial charge is 0.0128 e. The second kappa shape index (κ2) is 10.7. The van der Waals surface area contributed by atoms with E-state index in [-0.39, 0.29) is 0 Å². The summed E-state index contributed by atoms with van der Waals surface area (Å²) in [5.41, 5.74) is 0. The summed E-state index contributed by atoms with van der Waals surface area (Å²) >= 11 is 3.59. The Balaban J connectivity index is 0.000000151. The molecular formula is C28H22S2. The molecule has 5 rings (SSSR count). The molecule has 0 unspecified atom stereocenters. The second-order valence-electron chi connectivity index (χ2n) is 6.65. The predicted molar refractivity (Wildman–Crippen MR) is 132 cm³/mol. The zero-order chi connectivity index (χ0) is 20.4. The lowest BCUT2D eigenvalue weighted by Gasteiger charge is -2.03. The fraction of sp³-hybridized carbons (Fsp3) is 0. The summed E-state index contributed by atoms with van der Waals surface area (Å²) in [5.74, 6) is 0. The summed E-state index contributed by atoms with van der Waals surface area (Å²) in [6, 6.07) is 46.3. The minimum Gasteiger partial charge on any atom is -0.0901 e. The highest BCUT2D eigenvalue weighted by Gasteiger charge is 1.98. The molecular weight excluding hydrogens is 400 g/mol. The molecule has 146 valence electrons. The van der Waals surface area contributed by atoms with Gasteiger partial charge in [-0.3, -0.25) is 0 Å². The number of hydrogen-bond donors (Lipinski definition) is 0. The Morgan fingerprint density at radius 2 is 0.700 bits per heavy atom. The molecule has 2 heteroatoms. The van der Waals surface area contributed by atoms with Gasteiger partial charge in [0.05, 0.1) is 0 Å². The summed E-state index contributed by atoms with van der Waals surface area (Å²) in [7, 11) is 0. The third-order valence-electron chi connectivity index (χ3n) is 4.42. The molecule has 30 heavy (non-hydrogen) atoms. The lowest BCUT2D eigenvalue weighted by atomic mass is 10.1. The monoisotopic (exact) mass is 422 g/mol. The number of hydrogen-bond acceptors (Lipinski definition) is 2. The topological polar surface area (TPSA) is 0 Å². The van der Waals surface area contributed by atoms with Crippen molar-refractivity contribution in [3.05, 3.63) is 133 Å². The number of fused-ring (bicyclic) bond motifs is 1. The molecule has 0 aliphatic carbocycles. The minimum absolute atomic E-state index is 1.28. The highest BCUT2D eigenvalue weighted by Crippen LogP contribution is 2.29. The van der Waals surface area contributed by atoms with Gasteiger partial charge in [-0.1, -0.05) is 108 Å². The van der Waals surface area contributed by atoms with Crippen molar-refractivity contribution >= 4 is 34.3 Å². The van der Waals surface area contributed by atoms with Gasteiger partial charge in [0.2, 0.25) is 0 Å². The Kier molecular flexibility index (Phi) is 7.27. The molecule has 0 saturated carbocycles. The quantitative estimate of drug-likeness (QED) is 0.284. The van der Waals surface area contributed by atoms with Crippen molar-refractivity contribution in [2.24, 2.45) is 0 Å². The molecule has 0 aliphatic rings. The zero-order valence-corrected chi connectivity index (χ0v) is 18.2. The fourth-order valence-corrected chi connectivity index (χ4v) is 4.71. The van der Waals surface area contributed by atoms with Crippen molar-refractivity contribution in [3.8, 4) is 0 Å².